The summed E-state index contributed by atoms with van der Waals surface area (Å²) in [4.78, 5) is 23.9. The zero-order chi connectivity index (χ0) is 13.4. The Bertz CT molecular complexity index is 616. The highest BCUT2D eigenvalue weighted by Crippen LogP contribution is 2.18. The number of fused-ring (bicyclic) bond motifs is 1. The molecule has 0 saturated carbocycles. The van der Waals surface area contributed by atoms with Crippen molar-refractivity contribution in [2.75, 3.05) is 33.2 Å². The van der Waals surface area contributed by atoms with Crippen molar-refractivity contribution in [2.45, 2.75) is 0 Å². The first kappa shape index (κ1) is 12.6. The minimum Gasteiger partial charge on any atom is -0.334 e. The third kappa shape index (κ3) is 2.50. The van der Waals surface area contributed by atoms with Gasteiger partial charge in [0.2, 0.25) is 0 Å². The smallest absolute Gasteiger partial charge is 0.289 e. The Morgan fingerprint density at radius 2 is 2.05 bits per heavy atom. The fraction of sp³-hybridized carbons (Fsp3) is 0.385. The molecule has 1 aliphatic heterocycles. The highest BCUT2D eigenvalue weighted by Gasteiger charge is 2.22. The van der Waals surface area contributed by atoms with Gasteiger partial charge in [-0.15, -0.1) is 0 Å². The van der Waals surface area contributed by atoms with Crippen LogP contribution >= 0.6 is 15.9 Å². The maximum absolute atomic E-state index is 12.4. The molecule has 1 saturated heterocycles. The van der Waals surface area contributed by atoms with Gasteiger partial charge >= 0.3 is 0 Å². The number of aromatic nitrogens is 2. The van der Waals surface area contributed by atoms with Gasteiger partial charge in [0.1, 0.15) is 0 Å². The third-order valence-corrected chi connectivity index (χ3v) is 3.93. The van der Waals surface area contributed by atoms with Crippen molar-refractivity contribution in [3.8, 4) is 0 Å². The molecule has 2 aromatic rings. The van der Waals surface area contributed by atoms with Crippen LogP contribution in [0.3, 0.4) is 0 Å². The van der Waals surface area contributed by atoms with Crippen LogP contribution in [0, 0.1) is 0 Å². The van der Waals surface area contributed by atoms with E-state index >= 15 is 0 Å². The Morgan fingerprint density at radius 3 is 2.79 bits per heavy atom. The minimum atomic E-state index is -0.0135. The summed E-state index contributed by atoms with van der Waals surface area (Å²) in [7, 11) is 2.07. The SMILES string of the molecule is CN1CCN(C(=O)c2nc3ccc(Br)cc3[nH]2)CC1. The molecule has 0 aliphatic carbocycles. The molecule has 6 heteroatoms. The first-order valence-corrected chi connectivity index (χ1v) is 7.06. The van der Waals surface area contributed by atoms with Crippen molar-refractivity contribution in [3.63, 3.8) is 0 Å². The number of rotatable bonds is 1. The van der Waals surface area contributed by atoms with E-state index in [0.717, 1.165) is 41.7 Å². The average Bonchev–Trinajstić information content (AvgIpc) is 2.81. The number of piperazine rings is 1. The molecule has 0 atom stereocenters. The lowest BCUT2D eigenvalue weighted by Gasteiger charge is -2.31. The van der Waals surface area contributed by atoms with Crippen LogP contribution in [0.2, 0.25) is 0 Å². The van der Waals surface area contributed by atoms with E-state index in [0.29, 0.717) is 5.82 Å². The fourth-order valence-electron chi connectivity index (χ4n) is 2.24. The number of amides is 1. The number of nitrogens with one attached hydrogen (secondary N) is 1. The summed E-state index contributed by atoms with van der Waals surface area (Å²) in [6.45, 7) is 3.35. The van der Waals surface area contributed by atoms with Crippen molar-refractivity contribution >= 4 is 32.9 Å². The summed E-state index contributed by atoms with van der Waals surface area (Å²) in [5, 5.41) is 0. The van der Waals surface area contributed by atoms with Gasteiger partial charge in [-0.3, -0.25) is 4.79 Å². The largest absolute Gasteiger partial charge is 0.334 e. The van der Waals surface area contributed by atoms with Gasteiger partial charge in [0.05, 0.1) is 11.0 Å². The Labute approximate surface area is 119 Å². The van der Waals surface area contributed by atoms with Crippen LogP contribution in [0.1, 0.15) is 10.6 Å². The van der Waals surface area contributed by atoms with Crippen LogP contribution in [0.5, 0.6) is 0 Å². The van der Waals surface area contributed by atoms with Gasteiger partial charge < -0.3 is 14.8 Å². The van der Waals surface area contributed by atoms with E-state index in [2.05, 4.69) is 37.8 Å². The Hall–Kier alpha value is -1.40. The zero-order valence-corrected chi connectivity index (χ0v) is 12.3. The van der Waals surface area contributed by atoms with Crippen LogP contribution in [-0.4, -0.2) is 58.9 Å². The number of halogens is 1. The minimum absolute atomic E-state index is 0.0135. The van der Waals surface area contributed by atoms with E-state index in [9.17, 15) is 4.79 Å². The topological polar surface area (TPSA) is 52.2 Å². The summed E-state index contributed by atoms with van der Waals surface area (Å²) < 4.78 is 0.974. The predicted molar refractivity (Wildman–Crippen MR) is 77.2 cm³/mol. The number of hydrogen-bond acceptors (Lipinski definition) is 3. The summed E-state index contributed by atoms with van der Waals surface area (Å²) in [6, 6.07) is 5.76. The van der Waals surface area contributed by atoms with Crippen LogP contribution in [-0.2, 0) is 0 Å². The van der Waals surface area contributed by atoms with E-state index in [1.807, 2.05) is 23.1 Å². The summed E-state index contributed by atoms with van der Waals surface area (Å²) >= 11 is 3.41. The number of H-pyrrole nitrogens is 1. The number of carbonyl (C=O) groups is 1. The molecular formula is C13H15BrN4O. The van der Waals surface area contributed by atoms with Crippen molar-refractivity contribution < 1.29 is 4.79 Å². The number of benzene rings is 1. The van der Waals surface area contributed by atoms with Gasteiger partial charge in [0, 0.05) is 30.7 Å². The van der Waals surface area contributed by atoms with Crippen LogP contribution in [0.25, 0.3) is 11.0 Å². The van der Waals surface area contributed by atoms with Crippen LogP contribution in [0.15, 0.2) is 22.7 Å². The van der Waals surface area contributed by atoms with Gasteiger partial charge in [-0.25, -0.2) is 4.98 Å². The molecule has 5 nitrogen and oxygen atoms in total. The molecule has 1 amide bonds. The molecule has 0 spiro atoms. The first-order chi connectivity index (χ1) is 9.13. The predicted octanol–water partition coefficient (Wildman–Crippen LogP) is 1.71. The molecule has 1 aliphatic rings. The summed E-state index contributed by atoms with van der Waals surface area (Å²) in [6.07, 6.45) is 0. The van der Waals surface area contributed by atoms with E-state index < -0.39 is 0 Å². The number of carbonyl (C=O) groups excluding carboxylic acids is 1. The Morgan fingerprint density at radius 1 is 1.32 bits per heavy atom. The number of nitrogens with zero attached hydrogens (tertiary/aromatic N) is 3. The average molecular weight is 323 g/mol. The molecule has 100 valence electrons. The molecule has 0 bridgehead atoms. The highest BCUT2D eigenvalue weighted by atomic mass is 79.9. The first-order valence-electron chi connectivity index (χ1n) is 6.26. The normalized spacial score (nSPS) is 17.1. The second kappa shape index (κ2) is 4.94. The van der Waals surface area contributed by atoms with E-state index in [1.54, 1.807) is 0 Å². The van der Waals surface area contributed by atoms with Gasteiger partial charge in [-0.05, 0) is 25.2 Å². The van der Waals surface area contributed by atoms with E-state index in [-0.39, 0.29) is 5.91 Å². The van der Waals surface area contributed by atoms with Gasteiger partial charge in [-0.1, -0.05) is 15.9 Å². The molecule has 0 radical (unpaired) electrons. The standard InChI is InChI=1S/C13H15BrN4O/c1-17-4-6-18(7-5-17)13(19)12-15-10-3-2-9(14)8-11(10)16-12/h2-3,8H,4-7H2,1H3,(H,15,16). The van der Waals surface area contributed by atoms with Gasteiger partial charge in [0.15, 0.2) is 5.82 Å². The second-order valence-electron chi connectivity index (χ2n) is 4.84. The molecule has 1 N–H and O–H groups in total. The molecule has 0 unspecified atom stereocenters. The maximum Gasteiger partial charge on any atom is 0.289 e. The van der Waals surface area contributed by atoms with Crippen molar-refractivity contribution in [2.24, 2.45) is 0 Å². The molecule has 1 aromatic heterocycles. The third-order valence-electron chi connectivity index (χ3n) is 3.44. The molecule has 2 heterocycles. The number of imidazole rings is 1. The molecule has 19 heavy (non-hydrogen) atoms. The lowest BCUT2D eigenvalue weighted by molar-refractivity contribution is 0.0653. The van der Waals surface area contributed by atoms with Crippen molar-refractivity contribution in [1.82, 2.24) is 19.8 Å². The molecule has 1 aromatic carbocycles. The number of likely N-dealkylation sites (N-methyl/N-ethyl adjacent to an activating group) is 1. The highest BCUT2D eigenvalue weighted by molar-refractivity contribution is 9.10. The second-order valence-corrected chi connectivity index (χ2v) is 5.76. The lowest BCUT2D eigenvalue weighted by atomic mass is 10.3. The quantitative estimate of drug-likeness (QED) is 0.869. The van der Waals surface area contributed by atoms with E-state index in [1.165, 1.54) is 0 Å². The lowest BCUT2D eigenvalue weighted by Crippen LogP contribution is -2.47. The maximum atomic E-state index is 12.4. The number of hydrogen-bond donors (Lipinski definition) is 1. The molecule has 1 fully saturated rings. The fourth-order valence-corrected chi connectivity index (χ4v) is 2.60. The van der Waals surface area contributed by atoms with Gasteiger partial charge in [0.25, 0.3) is 5.91 Å². The molecular weight excluding hydrogens is 308 g/mol. The zero-order valence-electron chi connectivity index (χ0n) is 10.7. The summed E-state index contributed by atoms with van der Waals surface area (Å²) in [5.74, 6) is 0.415. The number of aromatic amines is 1. The molecule has 3 rings (SSSR count). The van der Waals surface area contributed by atoms with Crippen LogP contribution < -0.4 is 0 Å². The summed E-state index contributed by atoms with van der Waals surface area (Å²) in [5.41, 5.74) is 1.70. The van der Waals surface area contributed by atoms with E-state index in [4.69, 9.17) is 0 Å². The van der Waals surface area contributed by atoms with Crippen LogP contribution in [0.4, 0.5) is 0 Å². The van der Waals surface area contributed by atoms with Crippen molar-refractivity contribution in [3.05, 3.63) is 28.5 Å². The Balaban J connectivity index is 1.85. The van der Waals surface area contributed by atoms with Crippen molar-refractivity contribution in [1.29, 1.82) is 0 Å². The monoisotopic (exact) mass is 322 g/mol. The Kier molecular flexibility index (Phi) is 3.28. The van der Waals surface area contributed by atoms with Gasteiger partial charge in [-0.2, -0.15) is 0 Å².